The summed E-state index contributed by atoms with van der Waals surface area (Å²) >= 11 is 1.48. The van der Waals surface area contributed by atoms with Crippen LogP contribution in [0.5, 0.6) is 0 Å². The van der Waals surface area contributed by atoms with Gasteiger partial charge in [0.05, 0.1) is 5.56 Å². The SMILES string of the molecule is O=C(Nc1sc2c(c1C(=O)NCCc1ccccc1)CCCC2)c1ccc(F)cc1. The standard InChI is InChI=1S/C24H23FN2O2S/c25-18-12-10-17(11-13-18)22(28)27-24-21(19-8-4-5-9-20(19)30-24)23(29)26-15-14-16-6-2-1-3-7-16/h1-3,6-7,10-13H,4-5,8-9,14-15H2,(H,26,29)(H,27,28). The first-order chi connectivity index (χ1) is 14.6. The van der Waals surface area contributed by atoms with E-state index in [1.54, 1.807) is 0 Å². The van der Waals surface area contributed by atoms with Gasteiger partial charge in [0.1, 0.15) is 10.8 Å². The van der Waals surface area contributed by atoms with Crippen LogP contribution in [0.1, 0.15) is 49.6 Å². The molecule has 0 radical (unpaired) electrons. The predicted molar refractivity (Wildman–Crippen MR) is 118 cm³/mol. The van der Waals surface area contributed by atoms with Gasteiger partial charge < -0.3 is 10.6 Å². The van der Waals surface area contributed by atoms with Crippen molar-refractivity contribution in [3.63, 3.8) is 0 Å². The Morgan fingerprint density at radius 1 is 0.933 bits per heavy atom. The molecule has 6 heteroatoms. The number of amides is 2. The molecule has 2 aromatic carbocycles. The molecular formula is C24H23FN2O2S. The molecule has 0 saturated carbocycles. The van der Waals surface area contributed by atoms with Gasteiger partial charge in [0.15, 0.2) is 0 Å². The van der Waals surface area contributed by atoms with Crippen molar-refractivity contribution in [3.8, 4) is 0 Å². The van der Waals surface area contributed by atoms with Gasteiger partial charge in [-0.15, -0.1) is 11.3 Å². The zero-order valence-corrected chi connectivity index (χ0v) is 17.4. The van der Waals surface area contributed by atoms with Crippen molar-refractivity contribution >= 4 is 28.2 Å². The van der Waals surface area contributed by atoms with Crippen molar-refractivity contribution < 1.29 is 14.0 Å². The lowest BCUT2D eigenvalue weighted by Gasteiger charge is -2.13. The van der Waals surface area contributed by atoms with Crippen molar-refractivity contribution in [1.82, 2.24) is 5.32 Å². The van der Waals surface area contributed by atoms with Gasteiger partial charge in [-0.05, 0) is 67.5 Å². The van der Waals surface area contributed by atoms with Crippen molar-refractivity contribution in [2.75, 3.05) is 11.9 Å². The Balaban J connectivity index is 1.52. The molecule has 4 rings (SSSR count). The number of halogens is 1. The van der Waals surface area contributed by atoms with Crippen LogP contribution in [-0.4, -0.2) is 18.4 Å². The van der Waals surface area contributed by atoms with Crippen LogP contribution < -0.4 is 10.6 Å². The van der Waals surface area contributed by atoms with Crippen LogP contribution in [0, 0.1) is 5.82 Å². The van der Waals surface area contributed by atoms with Gasteiger partial charge in [-0.3, -0.25) is 9.59 Å². The highest BCUT2D eigenvalue weighted by Gasteiger charge is 2.26. The molecule has 1 aliphatic carbocycles. The maximum Gasteiger partial charge on any atom is 0.256 e. The Morgan fingerprint density at radius 2 is 1.67 bits per heavy atom. The summed E-state index contributed by atoms with van der Waals surface area (Å²) < 4.78 is 13.2. The normalized spacial score (nSPS) is 12.8. The minimum Gasteiger partial charge on any atom is -0.352 e. The molecule has 2 amide bonds. The van der Waals surface area contributed by atoms with Gasteiger partial charge in [-0.25, -0.2) is 4.39 Å². The number of nitrogens with one attached hydrogen (secondary N) is 2. The largest absolute Gasteiger partial charge is 0.352 e. The van der Waals surface area contributed by atoms with Crippen LogP contribution >= 0.6 is 11.3 Å². The highest BCUT2D eigenvalue weighted by atomic mass is 32.1. The van der Waals surface area contributed by atoms with E-state index in [0.29, 0.717) is 22.7 Å². The van der Waals surface area contributed by atoms with E-state index in [2.05, 4.69) is 10.6 Å². The first-order valence-electron chi connectivity index (χ1n) is 10.2. The summed E-state index contributed by atoms with van der Waals surface area (Å²) in [5, 5.41) is 6.48. The van der Waals surface area contributed by atoms with Crippen LogP contribution in [0.3, 0.4) is 0 Å². The number of hydrogen-bond acceptors (Lipinski definition) is 3. The van der Waals surface area contributed by atoms with E-state index < -0.39 is 5.82 Å². The topological polar surface area (TPSA) is 58.2 Å². The minimum atomic E-state index is -0.392. The average Bonchev–Trinajstić information content (AvgIpc) is 3.12. The van der Waals surface area contributed by atoms with E-state index in [1.807, 2.05) is 30.3 Å². The molecule has 0 saturated heterocycles. The summed E-state index contributed by atoms with van der Waals surface area (Å²) in [6.45, 7) is 0.527. The second kappa shape index (κ2) is 9.22. The third-order valence-corrected chi connectivity index (χ3v) is 6.48. The molecule has 0 fully saturated rings. The number of anilines is 1. The van der Waals surface area contributed by atoms with Crippen molar-refractivity contribution in [2.45, 2.75) is 32.1 Å². The number of carbonyl (C=O) groups excluding carboxylic acids is 2. The second-order valence-corrected chi connectivity index (χ2v) is 8.47. The Bertz CT molecular complexity index is 1050. The van der Waals surface area contributed by atoms with E-state index in [9.17, 15) is 14.0 Å². The van der Waals surface area contributed by atoms with Gasteiger partial charge in [-0.1, -0.05) is 30.3 Å². The van der Waals surface area contributed by atoms with E-state index in [1.165, 1.54) is 40.5 Å². The van der Waals surface area contributed by atoms with Gasteiger partial charge in [-0.2, -0.15) is 0 Å². The van der Waals surface area contributed by atoms with Crippen LogP contribution in [0.2, 0.25) is 0 Å². The molecular weight excluding hydrogens is 399 g/mol. The van der Waals surface area contributed by atoms with Crippen molar-refractivity contribution in [2.24, 2.45) is 0 Å². The minimum absolute atomic E-state index is 0.153. The first-order valence-corrected chi connectivity index (χ1v) is 11.0. The fraction of sp³-hybridized carbons (Fsp3) is 0.250. The van der Waals surface area contributed by atoms with Crippen LogP contribution in [-0.2, 0) is 19.3 Å². The number of aryl methyl sites for hydroxylation is 1. The summed E-state index contributed by atoms with van der Waals surface area (Å²) in [5.41, 5.74) is 3.16. The summed E-state index contributed by atoms with van der Waals surface area (Å²) in [7, 11) is 0. The van der Waals surface area contributed by atoms with Gasteiger partial charge in [0, 0.05) is 17.0 Å². The molecule has 3 aromatic rings. The molecule has 0 aliphatic heterocycles. The Labute approximate surface area is 179 Å². The highest BCUT2D eigenvalue weighted by Crippen LogP contribution is 2.38. The molecule has 0 spiro atoms. The molecule has 4 nitrogen and oxygen atoms in total. The lowest BCUT2D eigenvalue weighted by Crippen LogP contribution is -2.27. The monoisotopic (exact) mass is 422 g/mol. The van der Waals surface area contributed by atoms with E-state index in [-0.39, 0.29) is 11.8 Å². The molecule has 0 unspecified atom stereocenters. The highest BCUT2D eigenvalue weighted by molar-refractivity contribution is 7.17. The van der Waals surface area contributed by atoms with Gasteiger partial charge >= 0.3 is 0 Å². The molecule has 1 heterocycles. The van der Waals surface area contributed by atoms with Gasteiger partial charge in [0.2, 0.25) is 0 Å². The van der Waals surface area contributed by atoms with E-state index in [0.717, 1.165) is 43.2 Å². The van der Waals surface area contributed by atoms with E-state index >= 15 is 0 Å². The summed E-state index contributed by atoms with van der Waals surface area (Å²) in [5.74, 6) is -0.886. The Hall–Kier alpha value is -2.99. The number of rotatable bonds is 6. The van der Waals surface area contributed by atoms with Crippen LogP contribution in [0.4, 0.5) is 9.39 Å². The third-order valence-electron chi connectivity index (χ3n) is 5.27. The first kappa shape index (κ1) is 20.3. The summed E-state index contributed by atoms with van der Waals surface area (Å²) in [4.78, 5) is 26.9. The fourth-order valence-electron chi connectivity index (χ4n) is 3.72. The van der Waals surface area contributed by atoms with Crippen molar-refractivity contribution in [3.05, 3.63) is 87.5 Å². The third kappa shape index (κ3) is 4.60. The number of hydrogen-bond donors (Lipinski definition) is 2. The zero-order chi connectivity index (χ0) is 20.9. The number of carbonyl (C=O) groups is 2. The Kier molecular flexibility index (Phi) is 6.23. The molecule has 30 heavy (non-hydrogen) atoms. The smallest absolute Gasteiger partial charge is 0.256 e. The fourth-order valence-corrected chi connectivity index (χ4v) is 5.01. The predicted octanol–water partition coefficient (Wildman–Crippen LogP) is 4.99. The maximum atomic E-state index is 13.2. The quantitative estimate of drug-likeness (QED) is 0.588. The lowest BCUT2D eigenvalue weighted by atomic mass is 9.95. The van der Waals surface area contributed by atoms with Crippen molar-refractivity contribution in [1.29, 1.82) is 0 Å². The number of thiophene rings is 1. The van der Waals surface area contributed by atoms with Crippen LogP contribution in [0.25, 0.3) is 0 Å². The molecule has 2 N–H and O–H groups in total. The average molecular weight is 423 g/mol. The van der Waals surface area contributed by atoms with Crippen LogP contribution in [0.15, 0.2) is 54.6 Å². The zero-order valence-electron chi connectivity index (χ0n) is 16.5. The van der Waals surface area contributed by atoms with E-state index in [4.69, 9.17) is 0 Å². The number of benzene rings is 2. The lowest BCUT2D eigenvalue weighted by molar-refractivity contribution is 0.0954. The molecule has 1 aromatic heterocycles. The summed E-state index contributed by atoms with van der Waals surface area (Å²) in [6, 6.07) is 15.4. The molecule has 0 bridgehead atoms. The second-order valence-electron chi connectivity index (χ2n) is 7.37. The summed E-state index contributed by atoms with van der Waals surface area (Å²) in [6.07, 6.45) is 4.65. The van der Waals surface area contributed by atoms with Gasteiger partial charge in [0.25, 0.3) is 11.8 Å². The maximum absolute atomic E-state index is 13.2. The number of fused-ring (bicyclic) bond motifs is 1. The molecule has 1 aliphatic rings. The molecule has 0 atom stereocenters. The Morgan fingerprint density at radius 3 is 2.43 bits per heavy atom. The molecule has 154 valence electrons.